The number of nitrogens with one attached hydrogen (secondary N) is 2. The van der Waals surface area contributed by atoms with Crippen molar-refractivity contribution in [3.63, 3.8) is 0 Å². The highest BCUT2D eigenvalue weighted by Crippen LogP contribution is 2.04. The molecule has 0 aliphatic rings. The fourth-order valence-corrected chi connectivity index (χ4v) is 1.40. The molecule has 20 heavy (non-hydrogen) atoms. The Morgan fingerprint density at radius 2 is 2.30 bits per heavy atom. The number of carboxylic acids is 1. The van der Waals surface area contributed by atoms with Crippen molar-refractivity contribution in [2.75, 3.05) is 5.32 Å². The Balaban J connectivity index is 1.82. The van der Waals surface area contributed by atoms with E-state index in [4.69, 9.17) is 9.63 Å². The number of rotatable bonds is 5. The third kappa shape index (κ3) is 3.80. The molecule has 3 N–H and O–H groups in total. The highest BCUT2D eigenvalue weighted by molar-refractivity contribution is 5.88. The van der Waals surface area contributed by atoms with Crippen molar-refractivity contribution >= 4 is 17.7 Å². The van der Waals surface area contributed by atoms with E-state index >= 15 is 0 Å². The Labute approximate surface area is 112 Å². The lowest BCUT2D eigenvalue weighted by Crippen LogP contribution is -2.28. The normalized spacial score (nSPS) is 10.2. The maximum absolute atomic E-state index is 11.6. The van der Waals surface area contributed by atoms with Gasteiger partial charge in [0.05, 0.1) is 18.4 Å². The second-order valence-corrected chi connectivity index (χ2v) is 3.86. The van der Waals surface area contributed by atoms with Gasteiger partial charge in [0.25, 0.3) is 0 Å². The third-order valence-corrected chi connectivity index (χ3v) is 2.17. The smallest absolute Gasteiger partial charge is 0.325 e. The molecule has 0 saturated heterocycles. The van der Waals surface area contributed by atoms with Gasteiger partial charge in [0, 0.05) is 13.1 Å². The van der Waals surface area contributed by atoms with Crippen LogP contribution in [0.25, 0.3) is 0 Å². The number of carboxylic acid groups (broad SMARTS) is 1. The van der Waals surface area contributed by atoms with Gasteiger partial charge in [-0.15, -0.1) is 0 Å². The SMILES string of the molecule is Cc1nc(CNC(=O)Nc2cnn(CC(=O)O)c2)no1. The van der Waals surface area contributed by atoms with E-state index in [1.165, 1.54) is 17.1 Å². The maximum atomic E-state index is 11.6. The lowest BCUT2D eigenvalue weighted by Gasteiger charge is -2.02. The highest BCUT2D eigenvalue weighted by atomic mass is 16.5. The van der Waals surface area contributed by atoms with Gasteiger partial charge in [0.15, 0.2) is 5.82 Å². The van der Waals surface area contributed by atoms with E-state index in [1.807, 2.05) is 0 Å². The topological polar surface area (TPSA) is 135 Å². The van der Waals surface area contributed by atoms with Gasteiger partial charge in [-0.25, -0.2) is 4.79 Å². The molecular formula is C10H12N6O4. The van der Waals surface area contributed by atoms with Crippen LogP contribution >= 0.6 is 0 Å². The van der Waals surface area contributed by atoms with Crippen molar-refractivity contribution in [3.8, 4) is 0 Å². The molecule has 2 aromatic heterocycles. The van der Waals surface area contributed by atoms with Gasteiger partial charge in [-0.1, -0.05) is 5.16 Å². The molecule has 0 atom stereocenters. The zero-order valence-corrected chi connectivity index (χ0v) is 10.5. The maximum Gasteiger partial charge on any atom is 0.325 e. The van der Waals surface area contributed by atoms with Crippen LogP contribution in [0.15, 0.2) is 16.9 Å². The first-order valence-corrected chi connectivity index (χ1v) is 5.61. The number of aromatic nitrogens is 4. The molecule has 106 valence electrons. The monoisotopic (exact) mass is 280 g/mol. The van der Waals surface area contributed by atoms with E-state index in [0.29, 0.717) is 17.4 Å². The Morgan fingerprint density at radius 3 is 2.95 bits per heavy atom. The molecule has 0 aromatic carbocycles. The number of amides is 2. The average molecular weight is 280 g/mol. The molecule has 0 unspecified atom stereocenters. The molecule has 0 aliphatic carbocycles. The van der Waals surface area contributed by atoms with Crippen LogP contribution in [0.1, 0.15) is 11.7 Å². The standard InChI is InChI=1S/C10H12N6O4/c1-6-13-8(15-20-6)3-11-10(19)14-7-2-12-16(4-7)5-9(17)18/h2,4H,3,5H2,1H3,(H,17,18)(H2,11,14,19). The van der Waals surface area contributed by atoms with E-state index in [9.17, 15) is 9.59 Å². The molecule has 0 radical (unpaired) electrons. The predicted molar refractivity (Wildman–Crippen MR) is 64.8 cm³/mol. The van der Waals surface area contributed by atoms with Gasteiger partial charge in [0.2, 0.25) is 5.89 Å². The van der Waals surface area contributed by atoms with Crippen LogP contribution in [-0.4, -0.2) is 37.0 Å². The van der Waals surface area contributed by atoms with E-state index in [0.717, 1.165) is 0 Å². The van der Waals surface area contributed by atoms with Crippen LogP contribution in [0.4, 0.5) is 10.5 Å². The van der Waals surface area contributed by atoms with E-state index in [2.05, 4.69) is 25.9 Å². The van der Waals surface area contributed by atoms with Crippen LogP contribution in [0.3, 0.4) is 0 Å². The minimum absolute atomic E-state index is 0.117. The molecule has 0 saturated carbocycles. The van der Waals surface area contributed by atoms with Crippen molar-refractivity contribution in [2.24, 2.45) is 0 Å². The first kappa shape index (κ1) is 13.5. The third-order valence-electron chi connectivity index (χ3n) is 2.17. The van der Waals surface area contributed by atoms with E-state index in [1.54, 1.807) is 6.92 Å². The van der Waals surface area contributed by atoms with Crippen LogP contribution in [0, 0.1) is 6.92 Å². The Hall–Kier alpha value is -2.91. The van der Waals surface area contributed by atoms with E-state index in [-0.39, 0.29) is 13.1 Å². The molecular weight excluding hydrogens is 268 g/mol. The average Bonchev–Trinajstić information content (AvgIpc) is 2.95. The summed E-state index contributed by atoms with van der Waals surface area (Å²) < 4.78 is 5.95. The Kier molecular flexibility index (Phi) is 3.93. The van der Waals surface area contributed by atoms with E-state index < -0.39 is 12.0 Å². The van der Waals surface area contributed by atoms with Gasteiger partial charge in [-0.2, -0.15) is 10.1 Å². The van der Waals surface area contributed by atoms with Crippen molar-refractivity contribution in [1.29, 1.82) is 0 Å². The van der Waals surface area contributed by atoms with Crippen molar-refractivity contribution < 1.29 is 19.2 Å². The summed E-state index contributed by atoms with van der Waals surface area (Å²) >= 11 is 0. The zero-order valence-electron chi connectivity index (χ0n) is 10.5. The van der Waals surface area contributed by atoms with Gasteiger partial charge in [0.1, 0.15) is 6.54 Å². The molecule has 0 fully saturated rings. The summed E-state index contributed by atoms with van der Waals surface area (Å²) in [5, 5.41) is 21.0. The summed E-state index contributed by atoms with van der Waals surface area (Å²) in [7, 11) is 0. The summed E-state index contributed by atoms with van der Waals surface area (Å²) in [6, 6.07) is -0.484. The number of hydrogen-bond donors (Lipinski definition) is 3. The molecule has 0 bridgehead atoms. The molecule has 2 heterocycles. The van der Waals surface area contributed by atoms with Crippen LogP contribution in [0.5, 0.6) is 0 Å². The van der Waals surface area contributed by atoms with Crippen molar-refractivity contribution in [2.45, 2.75) is 20.0 Å². The summed E-state index contributed by atoms with van der Waals surface area (Å²) in [6.07, 6.45) is 2.76. The van der Waals surface area contributed by atoms with Gasteiger partial charge < -0.3 is 20.3 Å². The number of nitrogens with zero attached hydrogens (tertiary/aromatic N) is 4. The largest absolute Gasteiger partial charge is 0.480 e. The molecule has 10 nitrogen and oxygen atoms in total. The molecule has 2 amide bonds. The highest BCUT2D eigenvalue weighted by Gasteiger charge is 2.08. The number of carbonyl (C=O) groups is 2. The number of carbonyl (C=O) groups excluding carboxylic acids is 1. The summed E-state index contributed by atoms with van der Waals surface area (Å²) in [5.74, 6) is -0.243. The lowest BCUT2D eigenvalue weighted by molar-refractivity contribution is -0.137. The number of aliphatic carboxylic acids is 1. The summed E-state index contributed by atoms with van der Waals surface area (Å²) in [4.78, 5) is 26.0. The Morgan fingerprint density at radius 1 is 1.50 bits per heavy atom. The summed E-state index contributed by atoms with van der Waals surface area (Å²) in [5.41, 5.74) is 0.382. The molecule has 10 heteroatoms. The molecule has 2 rings (SSSR count). The quantitative estimate of drug-likeness (QED) is 0.700. The molecule has 2 aromatic rings. The first-order chi connectivity index (χ1) is 9.52. The lowest BCUT2D eigenvalue weighted by atomic mass is 10.5. The van der Waals surface area contributed by atoms with Crippen LogP contribution in [0.2, 0.25) is 0 Å². The fraction of sp³-hybridized carbons (Fsp3) is 0.300. The zero-order chi connectivity index (χ0) is 14.5. The predicted octanol–water partition coefficient (Wildman–Crippen LogP) is -0.0192. The minimum Gasteiger partial charge on any atom is -0.480 e. The van der Waals surface area contributed by atoms with Crippen molar-refractivity contribution in [3.05, 3.63) is 24.1 Å². The van der Waals surface area contributed by atoms with Crippen LogP contribution in [-0.2, 0) is 17.9 Å². The van der Waals surface area contributed by atoms with Gasteiger partial charge in [-0.05, 0) is 0 Å². The molecule has 0 spiro atoms. The van der Waals surface area contributed by atoms with Crippen molar-refractivity contribution in [1.82, 2.24) is 25.2 Å². The first-order valence-electron chi connectivity index (χ1n) is 5.61. The number of urea groups is 1. The second kappa shape index (κ2) is 5.82. The van der Waals surface area contributed by atoms with Gasteiger partial charge in [-0.3, -0.25) is 9.48 Å². The Bertz CT molecular complexity index is 619. The number of anilines is 1. The van der Waals surface area contributed by atoms with Gasteiger partial charge >= 0.3 is 12.0 Å². The minimum atomic E-state index is -1.02. The molecule has 0 aliphatic heterocycles. The fourth-order valence-electron chi connectivity index (χ4n) is 1.40. The second-order valence-electron chi connectivity index (χ2n) is 3.86. The number of aryl methyl sites for hydroxylation is 1. The van der Waals surface area contributed by atoms with Crippen LogP contribution < -0.4 is 10.6 Å². The summed E-state index contributed by atoms with van der Waals surface area (Å²) in [6.45, 7) is 1.49. The number of hydrogen-bond acceptors (Lipinski definition) is 6.